The van der Waals surface area contributed by atoms with Gasteiger partial charge in [-0.3, -0.25) is 4.79 Å². The highest BCUT2D eigenvalue weighted by Gasteiger charge is 2.40. The molecule has 0 aromatic heterocycles. The molecular formula is C16H22N2O4. The van der Waals surface area contributed by atoms with Gasteiger partial charge in [-0.1, -0.05) is 29.8 Å². The smallest absolute Gasteiger partial charge is 0.244 e. The van der Waals surface area contributed by atoms with Crippen LogP contribution in [-0.4, -0.2) is 58.7 Å². The van der Waals surface area contributed by atoms with Crippen molar-refractivity contribution in [2.75, 3.05) is 13.2 Å². The Morgan fingerprint density at radius 3 is 2.45 bits per heavy atom. The van der Waals surface area contributed by atoms with Gasteiger partial charge < -0.3 is 26.0 Å². The highest BCUT2D eigenvalue weighted by Crippen LogP contribution is 2.13. The van der Waals surface area contributed by atoms with Gasteiger partial charge in [0.2, 0.25) is 5.91 Å². The number of aliphatic hydroxyl groups excluding tert-OH is 3. The van der Waals surface area contributed by atoms with Crippen molar-refractivity contribution in [1.29, 1.82) is 0 Å². The molecule has 2 rings (SSSR count). The molecule has 1 fully saturated rings. The van der Waals surface area contributed by atoms with Gasteiger partial charge in [0.05, 0.1) is 30.9 Å². The zero-order chi connectivity index (χ0) is 16.1. The molecule has 0 spiro atoms. The summed E-state index contributed by atoms with van der Waals surface area (Å²) in [4.78, 5) is 11.8. The van der Waals surface area contributed by atoms with Crippen LogP contribution in [0.4, 0.5) is 0 Å². The molecular weight excluding hydrogens is 284 g/mol. The molecule has 6 heteroatoms. The van der Waals surface area contributed by atoms with Crippen LogP contribution in [0, 0.1) is 6.92 Å². The third-order valence-corrected chi connectivity index (χ3v) is 3.80. The van der Waals surface area contributed by atoms with E-state index in [0.29, 0.717) is 0 Å². The monoisotopic (exact) mass is 306 g/mol. The summed E-state index contributed by atoms with van der Waals surface area (Å²) in [6.07, 6.45) is 1.08. The number of rotatable bonds is 5. The summed E-state index contributed by atoms with van der Waals surface area (Å²) in [5, 5.41) is 34.1. The highest BCUT2D eigenvalue weighted by atomic mass is 16.3. The van der Waals surface area contributed by atoms with E-state index in [0.717, 1.165) is 11.1 Å². The molecule has 1 amide bonds. The lowest BCUT2D eigenvalue weighted by atomic mass is 10.1. The van der Waals surface area contributed by atoms with Crippen LogP contribution in [0.1, 0.15) is 11.1 Å². The van der Waals surface area contributed by atoms with Crippen LogP contribution in [0.5, 0.6) is 0 Å². The minimum absolute atomic E-state index is 0.172. The number of nitrogens with one attached hydrogen (secondary N) is 2. The van der Waals surface area contributed by atoms with Gasteiger partial charge in [-0.05, 0) is 18.6 Å². The number of benzene rings is 1. The number of aryl methyl sites for hydroxylation is 1. The maximum atomic E-state index is 11.8. The van der Waals surface area contributed by atoms with Crippen molar-refractivity contribution < 1.29 is 20.1 Å². The average molecular weight is 306 g/mol. The van der Waals surface area contributed by atoms with Crippen LogP contribution in [0.2, 0.25) is 0 Å². The van der Waals surface area contributed by atoms with E-state index in [4.69, 9.17) is 5.11 Å². The van der Waals surface area contributed by atoms with E-state index in [2.05, 4.69) is 10.6 Å². The van der Waals surface area contributed by atoms with Crippen molar-refractivity contribution in [1.82, 2.24) is 10.6 Å². The first-order valence-corrected chi connectivity index (χ1v) is 7.27. The Labute approximate surface area is 129 Å². The molecule has 1 heterocycles. The number of carbonyl (C=O) groups is 1. The molecule has 22 heavy (non-hydrogen) atoms. The Morgan fingerprint density at radius 1 is 1.23 bits per heavy atom. The van der Waals surface area contributed by atoms with Gasteiger partial charge in [0.25, 0.3) is 0 Å². The van der Waals surface area contributed by atoms with Gasteiger partial charge in [0, 0.05) is 12.6 Å². The maximum absolute atomic E-state index is 11.8. The molecule has 0 radical (unpaired) electrons. The first-order valence-electron chi connectivity index (χ1n) is 7.27. The van der Waals surface area contributed by atoms with E-state index in [-0.39, 0.29) is 19.1 Å². The van der Waals surface area contributed by atoms with Crippen LogP contribution in [0.3, 0.4) is 0 Å². The topological polar surface area (TPSA) is 102 Å². The number of amides is 1. The normalized spacial score (nSPS) is 28.2. The molecule has 1 aliphatic rings. The Kier molecular flexibility index (Phi) is 5.68. The van der Waals surface area contributed by atoms with Crippen molar-refractivity contribution in [2.45, 2.75) is 31.2 Å². The van der Waals surface area contributed by atoms with E-state index in [1.165, 1.54) is 6.08 Å². The second-order valence-electron chi connectivity index (χ2n) is 5.53. The van der Waals surface area contributed by atoms with Crippen LogP contribution in [-0.2, 0) is 4.79 Å². The minimum atomic E-state index is -1.03. The predicted octanol–water partition coefficient (Wildman–Crippen LogP) is -0.821. The second-order valence-corrected chi connectivity index (χ2v) is 5.53. The van der Waals surface area contributed by atoms with E-state index < -0.39 is 24.3 Å². The van der Waals surface area contributed by atoms with Crippen molar-refractivity contribution in [2.24, 2.45) is 0 Å². The Balaban J connectivity index is 1.82. The first kappa shape index (κ1) is 16.6. The summed E-state index contributed by atoms with van der Waals surface area (Å²) in [6.45, 7) is 1.90. The zero-order valence-electron chi connectivity index (χ0n) is 12.4. The van der Waals surface area contributed by atoms with E-state index >= 15 is 0 Å². The standard InChI is InChI=1S/C16H22N2O4/c1-10-2-4-11(5-3-10)6-7-14(20)17-8-12-15(21)16(22)13(9-19)18-12/h2-7,12-13,15-16,18-19,21-22H,8-9H2,1H3,(H,17,20)/b7-6+/t12-,13-,15-,16-/m1/s1. The summed E-state index contributed by atoms with van der Waals surface area (Å²) in [5.41, 5.74) is 2.08. The summed E-state index contributed by atoms with van der Waals surface area (Å²) >= 11 is 0. The number of aliphatic hydroxyl groups is 3. The Morgan fingerprint density at radius 2 is 1.86 bits per heavy atom. The maximum Gasteiger partial charge on any atom is 0.244 e. The fourth-order valence-electron chi connectivity index (χ4n) is 2.41. The summed E-state index contributed by atoms with van der Waals surface area (Å²) in [5.74, 6) is -0.281. The molecule has 120 valence electrons. The fraction of sp³-hybridized carbons (Fsp3) is 0.438. The van der Waals surface area contributed by atoms with Crippen molar-refractivity contribution in [3.63, 3.8) is 0 Å². The van der Waals surface area contributed by atoms with Gasteiger partial charge in [0.15, 0.2) is 0 Å². The molecule has 0 bridgehead atoms. The van der Waals surface area contributed by atoms with Gasteiger partial charge in [0.1, 0.15) is 0 Å². The SMILES string of the molecule is Cc1ccc(/C=C/C(=O)NC[C@H]2N[C@H](CO)[C@@H](O)[C@@H]2O)cc1. The molecule has 0 unspecified atom stereocenters. The lowest BCUT2D eigenvalue weighted by molar-refractivity contribution is -0.116. The zero-order valence-corrected chi connectivity index (χ0v) is 12.4. The Hall–Kier alpha value is -1.73. The molecule has 1 aromatic carbocycles. The van der Waals surface area contributed by atoms with E-state index in [9.17, 15) is 15.0 Å². The van der Waals surface area contributed by atoms with Crippen LogP contribution in [0.25, 0.3) is 6.08 Å². The second kappa shape index (κ2) is 7.51. The van der Waals surface area contributed by atoms with Crippen LogP contribution in [0.15, 0.2) is 30.3 Å². The lowest BCUT2D eigenvalue weighted by Crippen LogP contribution is -2.43. The molecule has 1 aliphatic heterocycles. The highest BCUT2D eigenvalue weighted by molar-refractivity contribution is 5.91. The predicted molar refractivity (Wildman–Crippen MR) is 83.0 cm³/mol. The third-order valence-electron chi connectivity index (χ3n) is 3.80. The van der Waals surface area contributed by atoms with Gasteiger partial charge in [-0.15, -0.1) is 0 Å². The largest absolute Gasteiger partial charge is 0.395 e. The molecule has 6 nitrogen and oxygen atoms in total. The Bertz CT molecular complexity index is 529. The third kappa shape index (κ3) is 4.14. The van der Waals surface area contributed by atoms with Crippen molar-refractivity contribution >= 4 is 12.0 Å². The first-order chi connectivity index (χ1) is 10.5. The van der Waals surface area contributed by atoms with E-state index in [1.54, 1.807) is 6.08 Å². The van der Waals surface area contributed by atoms with Gasteiger partial charge in [-0.25, -0.2) is 0 Å². The molecule has 4 atom stereocenters. The summed E-state index contributed by atoms with van der Waals surface area (Å²) < 4.78 is 0. The molecule has 5 N–H and O–H groups in total. The van der Waals surface area contributed by atoms with Crippen LogP contribution < -0.4 is 10.6 Å². The van der Waals surface area contributed by atoms with E-state index in [1.807, 2.05) is 31.2 Å². The lowest BCUT2D eigenvalue weighted by Gasteiger charge is -2.15. The van der Waals surface area contributed by atoms with Crippen LogP contribution >= 0.6 is 0 Å². The molecule has 1 aromatic rings. The van der Waals surface area contributed by atoms with Crippen molar-refractivity contribution in [3.05, 3.63) is 41.5 Å². The van der Waals surface area contributed by atoms with Gasteiger partial charge in [-0.2, -0.15) is 0 Å². The molecule has 1 saturated heterocycles. The number of hydrogen-bond donors (Lipinski definition) is 5. The van der Waals surface area contributed by atoms with Crippen molar-refractivity contribution in [3.8, 4) is 0 Å². The number of carbonyl (C=O) groups excluding carboxylic acids is 1. The quantitative estimate of drug-likeness (QED) is 0.458. The molecule has 0 saturated carbocycles. The number of hydrogen-bond acceptors (Lipinski definition) is 5. The summed E-state index contributed by atoms with van der Waals surface area (Å²) in [7, 11) is 0. The minimum Gasteiger partial charge on any atom is -0.395 e. The van der Waals surface area contributed by atoms with Gasteiger partial charge >= 0.3 is 0 Å². The fourth-order valence-corrected chi connectivity index (χ4v) is 2.41. The average Bonchev–Trinajstić information content (AvgIpc) is 2.80. The summed E-state index contributed by atoms with van der Waals surface area (Å²) in [6, 6.07) is 6.72. The molecule has 0 aliphatic carbocycles.